The largest absolute Gasteiger partial charge is 1.00 e. The van der Waals surface area contributed by atoms with Crippen molar-refractivity contribution in [1.29, 1.82) is 0 Å². The quantitative estimate of drug-likeness (QED) is 0.247. The highest BCUT2D eigenvalue weighted by molar-refractivity contribution is 8.00. The first-order valence-corrected chi connectivity index (χ1v) is 9.25. The SMILES string of the molecule is COC(=O)c1ccc2c(c1)-c1cccc3c1c(c1ccccc1[n+]3C)S2.[Cl-]. The smallest absolute Gasteiger partial charge is 0.337 e. The van der Waals surface area contributed by atoms with Gasteiger partial charge in [-0.05, 0) is 35.4 Å². The summed E-state index contributed by atoms with van der Waals surface area (Å²) in [7, 11) is 3.52. The molecule has 0 fully saturated rings. The maximum Gasteiger partial charge on any atom is 0.337 e. The topological polar surface area (TPSA) is 30.2 Å². The molecule has 5 heteroatoms. The summed E-state index contributed by atoms with van der Waals surface area (Å²) in [5.41, 5.74) is 5.24. The van der Waals surface area contributed by atoms with Gasteiger partial charge in [0.25, 0.3) is 0 Å². The van der Waals surface area contributed by atoms with E-state index < -0.39 is 0 Å². The monoisotopic (exact) mass is 393 g/mol. The van der Waals surface area contributed by atoms with Gasteiger partial charge in [-0.3, -0.25) is 0 Å². The van der Waals surface area contributed by atoms with Crippen LogP contribution in [0.1, 0.15) is 10.4 Å². The minimum atomic E-state index is -0.306. The highest BCUT2D eigenvalue weighted by Crippen LogP contribution is 2.49. The summed E-state index contributed by atoms with van der Waals surface area (Å²) in [6.07, 6.45) is 0. The number of benzene rings is 3. The molecule has 0 spiro atoms. The number of pyridine rings is 1. The van der Waals surface area contributed by atoms with E-state index in [1.165, 1.54) is 39.4 Å². The number of hydrogen-bond acceptors (Lipinski definition) is 3. The Hall–Kier alpha value is -2.56. The maximum atomic E-state index is 12.0. The first kappa shape index (κ1) is 17.8. The summed E-state index contributed by atoms with van der Waals surface area (Å²) >= 11 is 1.78. The maximum absolute atomic E-state index is 12.0. The Morgan fingerprint density at radius 3 is 2.56 bits per heavy atom. The van der Waals surface area contributed by atoms with Crippen molar-refractivity contribution in [1.82, 2.24) is 0 Å². The normalized spacial score (nSPS) is 11.8. The zero-order chi connectivity index (χ0) is 17.8. The molecular formula is C22H16ClNO2S. The van der Waals surface area contributed by atoms with Gasteiger partial charge >= 0.3 is 5.97 Å². The molecular weight excluding hydrogens is 378 g/mol. The molecule has 0 atom stereocenters. The molecule has 5 rings (SSSR count). The van der Waals surface area contributed by atoms with Gasteiger partial charge in [0.15, 0.2) is 0 Å². The number of nitrogens with zero attached hydrogens (tertiary/aromatic N) is 1. The third kappa shape index (κ3) is 2.52. The number of aryl methyl sites for hydroxylation is 1. The van der Waals surface area contributed by atoms with Crippen molar-refractivity contribution in [2.75, 3.05) is 7.11 Å². The van der Waals surface area contributed by atoms with Crippen molar-refractivity contribution in [3.05, 3.63) is 66.2 Å². The van der Waals surface area contributed by atoms with Crippen molar-refractivity contribution in [3.8, 4) is 11.1 Å². The lowest BCUT2D eigenvalue weighted by atomic mass is 9.96. The second kappa shape index (κ2) is 6.55. The van der Waals surface area contributed by atoms with Crippen LogP contribution < -0.4 is 17.0 Å². The summed E-state index contributed by atoms with van der Waals surface area (Å²) in [5.74, 6) is -0.306. The minimum Gasteiger partial charge on any atom is -1.00 e. The van der Waals surface area contributed by atoms with Crippen LogP contribution in [-0.2, 0) is 11.8 Å². The molecule has 1 aromatic heterocycles. The second-order valence-corrected chi connectivity index (χ2v) is 7.46. The number of esters is 1. The summed E-state index contributed by atoms with van der Waals surface area (Å²) in [6, 6.07) is 20.7. The predicted octanol–water partition coefficient (Wildman–Crippen LogP) is 1.74. The van der Waals surface area contributed by atoms with Crippen molar-refractivity contribution in [2.24, 2.45) is 7.05 Å². The number of hydrogen-bond donors (Lipinski definition) is 0. The molecule has 1 aliphatic heterocycles. The lowest BCUT2D eigenvalue weighted by molar-refractivity contribution is -0.617. The first-order chi connectivity index (χ1) is 12.7. The Morgan fingerprint density at radius 2 is 1.74 bits per heavy atom. The summed E-state index contributed by atoms with van der Waals surface area (Å²) in [4.78, 5) is 14.4. The molecule has 0 saturated heterocycles. The van der Waals surface area contributed by atoms with Gasteiger partial charge in [-0.2, -0.15) is 4.57 Å². The number of rotatable bonds is 1. The van der Waals surface area contributed by atoms with E-state index in [9.17, 15) is 4.79 Å². The molecule has 27 heavy (non-hydrogen) atoms. The average molecular weight is 394 g/mol. The molecule has 4 aromatic rings. The minimum absolute atomic E-state index is 0. The first-order valence-electron chi connectivity index (χ1n) is 8.43. The van der Waals surface area contributed by atoms with Crippen LogP contribution >= 0.6 is 11.8 Å². The standard InChI is InChI=1S/C22H16NO2S.ClH/c1-23-17-8-4-3-6-15(17)21-20-14(7-5-9-18(20)23)16-12-13(22(24)25-2)10-11-19(16)26-21;/h3-12H,1-2H3;1H/q+1;/p-1. The molecule has 0 amide bonds. The van der Waals surface area contributed by atoms with Crippen LogP contribution in [0.4, 0.5) is 0 Å². The second-order valence-electron chi connectivity index (χ2n) is 6.41. The Labute approximate surface area is 167 Å². The van der Waals surface area contributed by atoms with Crippen LogP contribution in [-0.4, -0.2) is 13.1 Å². The van der Waals surface area contributed by atoms with Gasteiger partial charge in [-0.1, -0.05) is 36.0 Å². The van der Waals surface area contributed by atoms with Crippen LogP contribution in [0, 0.1) is 0 Å². The number of methoxy groups -OCH3 is 1. The number of para-hydroxylation sites is 1. The molecule has 134 valence electrons. The molecule has 1 aliphatic rings. The van der Waals surface area contributed by atoms with E-state index in [0.29, 0.717) is 5.56 Å². The number of carbonyl (C=O) groups is 1. The Bertz CT molecular complexity index is 1240. The van der Waals surface area contributed by atoms with Gasteiger partial charge in [0, 0.05) is 21.9 Å². The third-order valence-corrected chi connectivity index (χ3v) is 6.25. The summed E-state index contributed by atoms with van der Waals surface area (Å²) in [6.45, 7) is 0. The molecule has 0 N–H and O–H groups in total. The molecule has 0 radical (unpaired) electrons. The molecule has 0 saturated carbocycles. The van der Waals surface area contributed by atoms with E-state index in [0.717, 1.165) is 10.5 Å². The number of carbonyl (C=O) groups excluding carboxylic acids is 1. The number of fused-ring (bicyclic) bond motifs is 4. The van der Waals surface area contributed by atoms with Crippen molar-refractivity contribution in [2.45, 2.75) is 9.79 Å². The molecule has 3 nitrogen and oxygen atoms in total. The number of ether oxygens (including phenoxy) is 1. The van der Waals surface area contributed by atoms with Crippen molar-refractivity contribution < 1.29 is 26.5 Å². The molecule has 0 bridgehead atoms. The highest BCUT2D eigenvalue weighted by Gasteiger charge is 2.27. The number of halogens is 1. The van der Waals surface area contributed by atoms with Gasteiger partial charge in [0.1, 0.15) is 7.05 Å². The van der Waals surface area contributed by atoms with Gasteiger partial charge in [-0.15, -0.1) is 0 Å². The predicted molar refractivity (Wildman–Crippen MR) is 104 cm³/mol. The van der Waals surface area contributed by atoms with Gasteiger partial charge < -0.3 is 17.1 Å². The zero-order valence-corrected chi connectivity index (χ0v) is 16.4. The zero-order valence-electron chi connectivity index (χ0n) is 14.8. The molecule has 3 aromatic carbocycles. The lowest BCUT2D eigenvalue weighted by Crippen LogP contribution is -3.00. The van der Waals surface area contributed by atoms with Crippen molar-refractivity contribution in [3.63, 3.8) is 0 Å². The molecule has 0 aliphatic carbocycles. The van der Waals surface area contributed by atoms with E-state index >= 15 is 0 Å². The van der Waals surface area contributed by atoms with E-state index in [4.69, 9.17) is 4.74 Å². The fourth-order valence-electron chi connectivity index (χ4n) is 3.80. The van der Waals surface area contributed by atoms with E-state index in [2.05, 4.69) is 54.1 Å². The summed E-state index contributed by atoms with van der Waals surface area (Å²) < 4.78 is 7.14. The van der Waals surface area contributed by atoms with E-state index in [-0.39, 0.29) is 18.4 Å². The molecule has 2 heterocycles. The summed E-state index contributed by atoms with van der Waals surface area (Å²) in [5, 5.41) is 2.50. The Morgan fingerprint density at radius 1 is 0.963 bits per heavy atom. The van der Waals surface area contributed by atoms with E-state index in [1.54, 1.807) is 11.8 Å². The van der Waals surface area contributed by atoms with Gasteiger partial charge in [0.05, 0.1) is 23.4 Å². The fraction of sp³-hybridized carbons (Fsp3) is 0.0909. The molecule has 0 unspecified atom stereocenters. The Kier molecular flexibility index (Phi) is 4.33. The van der Waals surface area contributed by atoms with Crippen LogP contribution in [0.5, 0.6) is 0 Å². The Balaban J connectivity index is 0.00000180. The average Bonchev–Trinajstić information content (AvgIpc) is 2.70. The van der Waals surface area contributed by atoms with Crippen molar-refractivity contribution >= 4 is 39.5 Å². The van der Waals surface area contributed by atoms with Gasteiger partial charge in [-0.25, -0.2) is 4.79 Å². The van der Waals surface area contributed by atoms with Crippen LogP contribution in [0.2, 0.25) is 0 Å². The van der Waals surface area contributed by atoms with E-state index in [1.807, 2.05) is 18.2 Å². The van der Waals surface area contributed by atoms with Gasteiger partial charge in [0.2, 0.25) is 11.0 Å². The van der Waals surface area contributed by atoms with Crippen LogP contribution in [0.15, 0.2) is 70.5 Å². The van der Waals surface area contributed by atoms with Crippen LogP contribution in [0.25, 0.3) is 32.9 Å². The number of aromatic nitrogens is 1. The third-order valence-electron chi connectivity index (χ3n) is 5.04. The lowest BCUT2D eigenvalue weighted by Gasteiger charge is -2.21. The van der Waals surface area contributed by atoms with Crippen LogP contribution in [0.3, 0.4) is 0 Å². The fourth-order valence-corrected chi connectivity index (χ4v) is 5.03. The highest BCUT2D eigenvalue weighted by atomic mass is 35.5.